The smallest absolute Gasteiger partial charge is 0.280 e. The molecular weight excluding hydrogens is 632 g/mol. The molecule has 3 aromatic rings. The fourth-order valence-corrected chi connectivity index (χ4v) is 4.99. The number of benzene rings is 2. The third-order valence-electron chi connectivity index (χ3n) is 7.90. The van der Waals surface area contributed by atoms with Gasteiger partial charge in [0.1, 0.15) is 36.5 Å². The summed E-state index contributed by atoms with van der Waals surface area (Å²) < 4.78 is 5.96. The Labute approximate surface area is 286 Å². The van der Waals surface area contributed by atoms with Crippen molar-refractivity contribution in [2.45, 2.75) is 63.4 Å². The number of nitrogens with two attached hydrogens (primary N) is 3. The monoisotopic (exact) mass is 682 g/mol. The van der Waals surface area contributed by atoms with Gasteiger partial charge in [-0.2, -0.15) is 0 Å². The molecule has 0 aliphatic carbocycles. The molecule has 12 N–H and O–H groups in total. The molecular formula is C34H50N8O7. The Morgan fingerprint density at radius 3 is 2.22 bits per heavy atom. The summed E-state index contributed by atoms with van der Waals surface area (Å²) in [4.78, 5) is 26.5. The minimum atomic E-state index is -1.68. The van der Waals surface area contributed by atoms with E-state index in [9.17, 15) is 25.2 Å². The number of nitrogens with zero attached hydrogens (tertiary/aromatic N) is 4. The van der Waals surface area contributed by atoms with E-state index in [0.29, 0.717) is 37.7 Å². The number of carbonyl (C=O) groups is 1. The van der Waals surface area contributed by atoms with Crippen LogP contribution in [-0.2, 0) is 12.8 Å². The van der Waals surface area contributed by atoms with Crippen LogP contribution in [0.2, 0.25) is 0 Å². The third-order valence-corrected chi connectivity index (χ3v) is 7.90. The highest BCUT2D eigenvalue weighted by Crippen LogP contribution is 2.15. The highest BCUT2D eigenvalue weighted by Gasteiger charge is 2.31. The average Bonchev–Trinajstić information content (AvgIpc) is 3.09. The van der Waals surface area contributed by atoms with Crippen molar-refractivity contribution in [3.63, 3.8) is 0 Å². The lowest BCUT2D eigenvalue weighted by molar-refractivity contribution is -0.119. The number of aryl methyl sites for hydroxylation is 3. The van der Waals surface area contributed by atoms with Crippen molar-refractivity contribution in [1.29, 1.82) is 0 Å². The van der Waals surface area contributed by atoms with E-state index < -0.39 is 36.9 Å². The summed E-state index contributed by atoms with van der Waals surface area (Å²) in [6, 6.07) is 17.8. The average molecular weight is 683 g/mol. The minimum absolute atomic E-state index is 0.0410. The standard InChI is InChI=1S/C34H50N8O7/c1-22-31(35)40-32(36)28(39-22)33(48)41-34(37)38-16-6-5-10-24-12-14-25(15-13-24)49-19-18-42(17-7-11-23-8-3-2-4-9-23)20-26(44)29(46)30(47)27(45)21-43/h2-4,8-9,12-15,26-27,29-30,43-47H,5-7,10-11,16-21H2,1H3,(H4,35,36,40)(H3,37,38,41,48). The number of ether oxygens (including phenoxy) is 1. The quantitative estimate of drug-likeness (QED) is 0.0424. The highest BCUT2D eigenvalue weighted by atomic mass is 16.5. The molecule has 1 aromatic heterocycles. The molecule has 0 aliphatic heterocycles. The molecule has 1 amide bonds. The Hall–Kier alpha value is -4.38. The van der Waals surface area contributed by atoms with Gasteiger partial charge in [-0.3, -0.25) is 20.0 Å². The number of aliphatic hydroxyl groups is 5. The first kappa shape index (κ1) is 39.1. The van der Waals surface area contributed by atoms with Crippen LogP contribution in [-0.4, -0.2) is 116 Å². The van der Waals surface area contributed by atoms with Crippen LogP contribution < -0.4 is 27.3 Å². The van der Waals surface area contributed by atoms with Crippen molar-refractivity contribution in [2.24, 2.45) is 10.7 Å². The Morgan fingerprint density at radius 2 is 1.53 bits per heavy atom. The van der Waals surface area contributed by atoms with Crippen LogP contribution in [0.3, 0.4) is 0 Å². The predicted molar refractivity (Wildman–Crippen MR) is 187 cm³/mol. The van der Waals surface area contributed by atoms with Crippen molar-refractivity contribution < 1.29 is 35.1 Å². The first-order valence-corrected chi connectivity index (χ1v) is 16.3. The number of carbonyl (C=O) groups excluding carboxylic acids is 1. The second kappa shape index (κ2) is 20.2. The number of anilines is 2. The van der Waals surface area contributed by atoms with Crippen LogP contribution in [0.1, 0.15) is 46.6 Å². The van der Waals surface area contributed by atoms with Gasteiger partial charge in [0, 0.05) is 19.6 Å². The van der Waals surface area contributed by atoms with E-state index in [1.807, 2.05) is 59.5 Å². The molecule has 4 unspecified atom stereocenters. The minimum Gasteiger partial charge on any atom is -0.492 e. The maximum atomic E-state index is 12.4. The van der Waals surface area contributed by atoms with E-state index >= 15 is 0 Å². The molecule has 0 fully saturated rings. The van der Waals surface area contributed by atoms with Crippen LogP contribution in [0, 0.1) is 6.92 Å². The molecule has 0 aliphatic rings. The summed E-state index contributed by atoms with van der Waals surface area (Å²) in [7, 11) is 0. The van der Waals surface area contributed by atoms with Gasteiger partial charge < -0.3 is 47.5 Å². The van der Waals surface area contributed by atoms with Crippen LogP contribution in [0.25, 0.3) is 0 Å². The molecule has 0 bridgehead atoms. The normalized spacial score (nSPS) is 14.3. The molecule has 268 valence electrons. The van der Waals surface area contributed by atoms with Crippen molar-refractivity contribution in [2.75, 3.05) is 50.9 Å². The first-order chi connectivity index (χ1) is 23.5. The van der Waals surface area contributed by atoms with Gasteiger partial charge in [0.25, 0.3) is 5.91 Å². The van der Waals surface area contributed by atoms with Gasteiger partial charge in [0.15, 0.2) is 17.5 Å². The number of guanidine groups is 1. The van der Waals surface area contributed by atoms with Gasteiger partial charge in [-0.25, -0.2) is 9.97 Å². The van der Waals surface area contributed by atoms with E-state index in [0.717, 1.165) is 37.7 Å². The second-order valence-electron chi connectivity index (χ2n) is 11.8. The molecule has 15 nitrogen and oxygen atoms in total. The first-order valence-electron chi connectivity index (χ1n) is 16.3. The highest BCUT2D eigenvalue weighted by molar-refractivity contribution is 6.06. The number of nitrogens with one attached hydrogen (secondary N) is 1. The van der Waals surface area contributed by atoms with Gasteiger partial charge >= 0.3 is 0 Å². The van der Waals surface area contributed by atoms with Gasteiger partial charge in [-0.1, -0.05) is 42.5 Å². The summed E-state index contributed by atoms with van der Waals surface area (Å²) in [5.74, 6) is 0.0914. The summed E-state index contributed by atoms with van der Waals surface area (Å²) in [5.41, 5.74) is 19.9. The van der Waals surface area contributed by atoms with Crippen molar-refractivity contribution >= 4 is 23.5 Å². The van der Waals surface area contributed by atoms with Crippen molar-refractivity contribution in [1.82, 2.24) is 20.2 Å². The number of hydrogen-bond acceptors (Lipinski definition) is 13. The van der Waals surface area contributed by atoms with Crippen LogP contribution in [0.4, 0.5) is 11.6 Å². The second-order valence-corrected chi connectivity index (χ2v) is 11.8. The van der Waals surface area contributed by atoms with E-state index in [2.05, 4.69) is 20.3 Å². The van der Waals surface area contributed by atoms with Crippen LogP contribution >= 0.6 is 0 Å². The zero-order chi connectivity index (χ0) is 35.8. The maximum Gasteiger partial charge on any atom is 0.280 e. The van der Waals surface area contributed by atoms with Crippen LogP contribution in [0.15, 0.2) is 59.6 Å². The number of rotatable bonds is 20. The lowest BCUT2D eigenvalue weighted by atomic mass is 10.0. The predicted octanol–water partition coefficient (Wildman–Crippen LogP) is -0.234. The van der Waals surface area contributed by atoms with Crippen molar-refractivity contribution in [3.05, 3.63) is 77.1 Å². The Morgan fingerprint density at radius 1 is 0.878 bits per heavy atom. The maximum absolute atomic E-state index is 12.4. The van der Waals surface area contributed by atoms with Gasteiger partial charge in [-0.05, 0) is 68.8 Å². The Balaban J connectivity index is 1.42. The largest absolute Gasteiger partial charge is 0.492 e. The summed E-state index contributed by atoms with van der Waals surface area (Å²) in [6.07, 6.45) is -2.19. The SMILES string of the molecule is Cc1nc(C(=O)NC(N)=NCCCCc2ccc(OCCN(CCCc3ccccc3)CC(O)C(O)C(O)C(O)CO)cc2)c(N)nc1N. The Bertz CT molecular complexity index is 1460. The summed E-state index contributed by atoms with van der Waals surface area (Å²) >= 11 is 0. The number of unbranched alkanes of at least 4 members (excludes halogenated alkanes) is 1. The third kappa shape index (κ3) is 13.2. The molecule has 3 rings (SSSR count). The van der Waals surface area contributed by atoms with Gasteiger partial charge in [0.2, 0.25) is 0 Å². The van der Waals surface area contributed by atoms with Crippen LogP contribution in [0.5, 0.6) is 5.75 Å². The molecule has 15 heteroatoms. The summed E-state index contributed by atoms with van der Waals surface area (Å²) in [5, 5.41) is 52.1. The number of aliphatic imine (C=N–C) groups is 1. The van der Waals surface area contributed by atoms with Gasteiger partial charge in [-0.15, -0.1) is 0 Å². The zero-order valence-electron chi connectivity index (χ0n) is 27.9. The zero-order valence-corrected chi connectivity index (χ0v) is 27.9. The number of hydrogen-bond donors (Lipinski definition) is 9. The van der Waals surface area contributed by atoms with E-state index in [1.165, 1.54) is 5.56 Å². The number of aliphatic hydroxyl groups excluding tert-OH is 5. The molecule has 0 spiro atoms. The molecule has 0 radical (unpaired) electrons. The topological polar surface area (TPSA) is 259 Å². The van der Waals surface area contributed by atoms with E-state index in [1.54, 1.807) is 6.92 Å². The number of amides is 1. The summed E-state index contributed by atoms with van der Waals surface area (Å²) in [6.45, 7) is 2.72. The van der Waals surface area contributed by atoms with E-state index in [-0.39, 0.29) is 29.8 Å². The molecule has 0 saturated heterocycles. The van der Waals surface area contributed by atoms with Crippen molar-refractivity contribution in [3.8, 4) is 5.75 Å². The Kier molecular flexibility index (Phi) is 16.1. The number of aromatic nitrogens is 2. The molecule has 49 heavy (non-hydrogen) atoms. The lowest BCUT2D eigenvalue weighted by Gasteiger charge is -2.30. The molecule has 0 saturated carbocycles. The lowest BCUT2D eigenvalue weighted by Crippen LogP contribution is -2.50. The molecule has 2 aromatic carbocycles. The fraction of sp³-hybridized carbons (Fsp3) is 0.471. The number of nitrogen functional groups attached to an aromatic ring is 2. The molecule has 4 atom stereocenters. The molecule has 1 heterocycles. The fourth-order valence-electron chi connectivity index (χ4n) is 4.99. The van der Waals surface area contributed by atoms with Gasteiger partial charge in [0.05, 0.1) is 18.4 Å². The van der Waals surface area contributed by atoms with E-state index in [4.69, 9.17) is 27.0 Å².